The molecule has 1 amide bonds. The molecule has 0 unspecified atom stereocenters. The molecule has 3 rings (SSSR count). The van der Waals surface area contributed by atoms with Crippen LogP contribution in [-0.4, -0.2) is 27.1 Å². The highest BCUT2D eigenvalue weighted by molar-refractivity contribution is 5.93. The van der Waals surface area contributed by atoms with E-state index in [4.69, 9.17) is 0 Å². The highest BCUT2D eigenvalue weighted by Crippen LogP contribution is 2.33. The van der Waals surface area contributed by atoms with Crippen molar-refractivity contribution in [3.05, 3.63) is 53.3 Å². The monoisotopic (exact) mass is 283 g/mol. The summed E-state index contributed by atoms with van der Waals surface area (Å²) in [6.45, 7) is 5.63. The molecule has 2 aromatic rings. The van der Waals surface area contributed by atoms with E-state index in [1.807, 2.05) is 17.9 Å². The van der Waals surface area contributed by atoms with Gasteiger partial charge in [0.1, 0.15) is 5.69 Å². The van der Waals surface area contributed by atoms with E-state index < -0.39 is 0 Å². The minimum Gasteiger partial charge on any atom is -0.330 e. The average Bonchev–Trinajstić information content (AvgIpc) is 3.16. The number of benzene rings is 1. The number of carbonyl (C=O) groups is 1. The van der Waals surface area contributed by atoms with E-state index in [-0.39, 0.29) is 11.9 Å². The lowest BCUT2D eigenvalue weighted by molar-refractivity contribution is 0.0723. The quantitative estimate of drug-likeness (QED) is 0.867. The van der Waals surface area contributed by atoms with Gasteiger partial charge < -0.3 is 4.90 Å². The Morgan fingerprint density at radius 2 is 2.05 bits per heavy atom. The first-order valence-electron chi connectivity index (χ1n) is 7.60. The lowest BCUT2D eigenvalue weighted by Gasteiger charge is -2.25. The topological polar surface area (TPSA) is 38.1 Å². The molecule has 1 atom stereocenters. The van der Waals surface area contributed by atoms with Crippen LogP contribution in [0, 0.1) is 6.92 Å². The average molecular weight is 283 g/mol. The maximum Gasteiger partial charge on any atom is 0.272 e. The van der Waals surface area contributed by atoms with Crippen molar-refractivity contribution in [2.45, 2.75) is 39.3 Å². The number of rotatable bonds is 3. The van der Waals surface area contributed by atoms with Crippen LogP contribution in [0.3, 0.4) is 0 Å². The molecule has 1 aliphatic rings. The van der Waals surface area contributed by atoms with Crippen LogP contribution < -0.4 is 0 Å². The van der Waals surface area contributed by atoms with Crippen LogP contribution in [0.25, 0.3) is 0 Å². The van der Waals surface area contributed by atoms with Gasteiger partial charge in [-0.1, -0.05) is 29.8 Å². The molecule has 0 bridgehead atoms. The van der Waals surface area contributed by atoms with Gasteiger partial charge in [-0.05, 0) is 38.3 Å². The van der Waals surface area contributed by atoms with E-state index in [0.717, 1.165) is 25.9 Å². The normalized spacial score (nSPS) is 18.2. The van der Waals surface area contributed by atoms with Crippen LogP contribution >= 0.6 is 0 Å². The third kappa shape index (κ3) is 2.58. The molecule has 4 nitrogen and oxygen atoms in total. The Hall–Kier alpha value is -2.10. The first-order chi connectivity index (χ1) is 10.2. The van der Waals surface area contributed by atoms with E-state index in [1.165, 1.54) is 11.1 Å². The maximum absolute atomic E-state index is 12.8. The molecular weight excluding hydrogens is 262 g/mol. The van der Waals surface area contributed by atoms with Gasteiger partial charge in [-0.3, -0.25) is 9.48 Å². The van der Waals surface area contributed by atoms with Gasteiger partial charge >= 0.3 is 0 Å². The molecule has 1 aromatic carbocycles. The molecule has 2 heterocycles. The Bertz CT molecular complexity index is 630. The van der Waals surface area contributed by atoms with E-state index in [9.17, 15) is 4.79 Å². The minimum atomic E-state index is 0.0948. The van der Waals surface area contributed by atoms with Crippen molar-refractivity contribution < 1.29 is 4.79 Å². The number of aryl methyl sites for hydroxylation is 2. The van der Waals surface area contributed by atoms with Crippen molar-refractivity contribution in [3.63, 3.8) is 0 Å². The zero-order valence-corrected chi connectivity index (χ0v) is 12.6. The Kier molecular flexibility index (Phi) is 3.78. The van der Waals surface area contributed by atoms with E-state index >= 15 is 0 Å². The zero-order chi connectivity index (χ0) is 14.8. The smallest absolute Gasteiger partial charge is 0.272 e. The van der Waals surface area contributed by atoms with Crippen LogP contribution in [0.1, 0.15) is 47.4 Å². The number of aromatic nitrogens is 2. The van der Waals surface area contributed by atoms with Crippen LogP contribution in [0.4, 0.5) is 0 Å². The number of carbonyl (C=O) groups excluding carboxylic acids is 1. The molecular formula is C17H21N3O. The van der Waals surface area contributed by atoms with Crippen LogP contribution in [0.2, 0.25) is 0 Å². The third-order valence-electron chi connectivity index (χ3n) is 4.21. The molecule has 0 saturated carbocycles. The lowest BCUT2D eigenvalue weighted by Crippen LogP contribution is -2.32. The molecule has 1 aromatic heterocycles. The van der Waals surface area contributed by atoms with E-state index in [1.54, 1.807) is 10.9 Å². The molecule has 0 aliphatic carbocycles. The highest BCUT2D eigenvalue weighted by atomic mass is 16.2. The summed E-state index contributed by atoms with van der Waals surface area (Å²) in [6.07, 6.45) is 3.80. The number of hydrogen-bond acceptors (Lipinski definition) is 2. The summed E-state index contributed by atoms with van der Waals surface area (Å²) in [5.41, 5.74) is 3.17. The summed E-state index contributed by atoms with van der Waals surface area (Å²) in [6, 6.07) is 10.5. The number of likely N-dealkylation sites (tertiary alicyclic amines) is 1. The fourth-order valence-corrected chi connectivity index (χ4v) is 3.06. The van der Waals surface area contributed by atoms with Crippen LogP contribution in [0.5, 0.6) is 0 Å². The predicted molar refractivity (Wildman–Crippen MR) is 82.1 cm³/mol. The van der Waals surface area contributed by atoms with Crippen molar-refractivity contribution in [1.29, 1.82) is 0 Å². The number of amides is 1. The first-order valence-corrected chi connectivity index (χ1v) is 7.60. The lowest BCUT2D eigenvalue weighted by atomic mass is 10.0. The van der Waals surface area contributed by atoms with Crippen molar-refractivity contribution in [3.8, 4) is 0 Å². The molecule has 4 heteroatoms. The molecule has 0 radical (unpaired) electrons. The first kappa shape index (κ1) is 13.9. The summed E-state index contributed by atoms with van der Waals surface area (Å²) in [4.78, 5) is 14.8. The van der Waals surface area contributed by atoms with Gasteiger partial charge in [0.25, 0.3) is 5.91 Å². The standard InChI is InChI=1S/C17H21N3O/c1-3-20-16(10-11-18-20)17(21)19-12-4-5-15(19)14-8-6-13(2)7-9-14/h6-11,15H,3-5,12H2,1-2H3/t15-/m0/s1. The molecule has 1 aliphatic heterocycles. The predicted octanol–water partition coefficient (Wildman–Crippen LogP) is 3.19. The van der Waals surface area contributed by atoms with Gasteiger partial charge in [0.05, 0.1) is 6.04 Å². The third-order valence-corrected chi connectivity index (χ3v) is 4.21. The summed E-state index contributed by atoms with van der Waals surface area (Å²) in [7, 11) is 0. The summed E-state index contributed by atoms with van der Waals surface area (Å²) in [5.74, 6) is 0.0948. The fraction of sp³-hybridized carbons (Fsp3) is 0.412. The fourth-order valence-electron chi connectivity index (χ4n) is 3.06. The Labute approximate surface area is 125 Å². The van der Waals surface area contributed by atoms with Gasteiger partial charge in [0.15, 0.2) is 0 Å². The largest absolute Gasteiger partial charge is 0.330 e. The second-order valence-corrected chi connectivity index (χ2v) is 5.60. The Morgan fingerprint density at radius 3 is 2.76 bits per heavy atom. The van der Waals surface area contributed by atoms with Gasteiger partial charge in [-0.25, -0.2) is 0 Å². The maximum atomic E-state index is 12.8. The minimum absolute atomic E-state index is 0.0948. The summed E-state index contributed by atoms with van der Waals surface area (Å²) < 4.78 is 1.77. The number of nitrogens with zero attached hydrogens (tertiary/aromatic N) is 3. The zero-order valence-electron chi connectivity index (χ0n) is 12.6. The molecule has 110 valence electrons. The Balaban J connectivity index is 1.87. The Morgan fingerprint density at radius 1 is 1.29 bits per heavy atom. The SMILES string of the molecule is CCn1nccc1C(=O)N1CCC[C@H]1c1ccc(C)cc1. The molecule has 1 fully saturated rings. The van der Waals surface area contributed by atoms with E-state index in [2.05, 4.69) is 36.3 Å². The van der Waals surface area contributed by atoms with Crippen molar-refractivity contribution in [1.82, 2.24) is 14.7 Å². The van der Waals surface area contributed by atoms with Gasteiger partial charge in [0.2, 0.25) is 0 Å². The van der Waals surface area contributed by atoms with Crippen molar-refractivity contribution in [2.24, 2.45) is 0 Å². The molecule has 1 saturated heterocycles. The second-order valence-electron chi connectivity index (χ2n) is 5.60. The summed E-state index contributed by atoms with van der Waals surface area (Å²) >= 11 is 0. The van der Waals surface area contributed by atoms with Crippen molar-refractivity contribution in [2.75, 3.05) is 6.54 Å². The molecule has 21 heavy (non-hydrogen) atoms. The second kappa shape index (κ2) is 5.72. The summed E-state index contributed by atoms with van der Waals surface area (Å²) in [5, 5.41) is 4.21. The molecule has 0 N–H and O–H groups in total. The molecule has 0 spiro atoms. The van der Waals surface area contributed by atoms with Crippen LogP contribution in [-0.2, 0) is 6.54 Å². The van der Waals surface area contributed by atoms with E-state index in [0.29, 0.717) is 5.69 Å². The van der Waals surface area contributed by atoms with Gasteiger partial charge in [-0.2, -0.15) is 5.10 Å². The van der Waals surface area contributed by atoms with Gasteiger partial charge in [0, 0.05) is 19.3 Å². The highest BCUT2D eigenvalue weighted by Gasteiger charge is 2.31. The van der Waals surface area contributed by atoms with Gasteiger partial charge in [-0.15, -0.1) is 0 Å². The number of hydrogen-bond donors (Lipinski definition) is 0. The van der Waals surface area contributed by atoms with Crippen molar-refractivity contribution >= 4 is 5.91 Å². The van der Waals surface area contributed by atoms with Crippen LogP contribution in [0.15, 0.2) is 36.5 Å².